The highest BCUT2D eigenvalue weighted by Gasteiger charge is 2.73. The van der Waals surface area contributed by atoms with E-state index < -0.39 is 72.3 Å². The van der Waals surface area contributed by atoms with Crippen molar-refractivity contribution in [1.29, 1.82) is 0 Å². The first kappa shape index (κ1) is 16.1. The lowest BCUT2D eigenvalue weighted by Gasteiger charge is -2.36. The SMILES string of the molecule is COC(=O)CN1C(=O)C2C(C1=O)C1C(=O)N(CC(=O)OC)C(=O)C21. The fourth-order valence-electron chi connectivity index (χ4n) is 3.61. The summed E-state index contributed by atoms with van der Waals surface area (Å²) >= 11 is 0. The molecule has 0 N–H and O–H groups in total. The molecule has 0 aromatic heterocycles. The Hall–Kier alpha value is -2.78. The fraction of sp³-hybridized carbons (Fsp3) is 0.571. The zero-order valence-corrected chi connectivity index (χ0v) is 12.9. The van der Waals surface area contributed by atoms with E-state index in [-0.39, 0.29) is 0 Å². The number of imide groups is 2. The number of fused-ring (bicyclic) bond motifs is 4. The summed E-state index contributed by atoms with van der Waals surface area (Å²) in [4.78, 5) is 73.4. The van der Waals surface area contributed by atoms with Crippen LogP contribution >= 0.6 is 0 Å². The minimum atomic E-state index is -0.966. The molecule has 3 fully saturated rings. The lowest BCUT2D eigenvalue weighted by molar-refractivity contribution is -0.152. The smallest absolute Gasteiger partial charge is 0.325 e. The van der Waals surface area contributed by atoms with E-state index in [1.54, 1.807) is 0 Å². The monoisotopic (exact) mass is 338 g/mol. The normalized spacial score (nSPS) is 30.9. The summed E-state index contributed by atoms with van der Waals surface area (Å²) in [6, 6.07) is 0. The summed E-state index contributed by atoms with van der Waals surface area (Å²) in [7, 11) is 2.24. The Labute approximate surface area is 135 Å². The second-order valence-corrected chi connectivity index (χ2v) is 5.78. The van der Waals surface area contributed by atoms with E-state index in [1.165, 1.54) is 0 Å². The molecule has 0 aromatic carbocycles. The Morgan fingerprint density at radius 2 is 0.958 bits per heavy atom. The van der Waals surface area contributed by atoms with Gasteiger partial charge in [0.2, 0.25) is 23.6 Å². The molecular formula is C14H14N2O8. The molecule has 2 aliphatic heterocycles. The Bertz CT molecular complexity index is 580. The van der Waals surface area contributed by atoms with Crippen LogP contribution in [0.1, 0.15) is 0 Å². The van der Waals surface area contributed by atoms with Crippen molar-refractivity contribution in [2.45, 2.75) is 0 Å². The first-order chi connectivity index (χ1) is 11.3. The van der Waals surface area contributed by atoms with Crippen molar-refractivity contribution in [3.05, 3.63) is 0 Å². The molecule has 24 heavy (non-hydrogen) atoms. The molecule has 3 rings (SSSR count). The molecule has 10 heteroatoms. The first-order valence-corrected chi connectivity index (χ1v) is 7.17. The Kier molecular flexibility index (Phi) is 3.61. The maximum Gasteiger partial charge on any atom is 0.325 e. The van der Waals surface area contributed by atoms with Crippen LogP contribution in [-0.4, -0.2) is 72.7 Å². The molecule has 0 aromatic rings. The van der Waals surface area contributed by atoms with Crippen molar-refractivity contribution in [1.82, 2.24) is 9.80 Å². The molecule has 0 spiro atoms. The van der Waals surface area contributed by atoms with E-state index in [1.807, 2.05) is 0 Å². The van der Waals surface area contributed by atoms with Crippen LogP contribution in [0.15, 0.2) is 0 Å². The van der Waals surface area contributed by atoms with Gasteiger partial charge in [0.05, 0.1) is 37.9 Å². The molecule has 0 bridgehead atoms. The molecule has 2 saturated heterocycles. The maximum absolute atomic E-state index is 12.3. The molecule has 1 aliphatic carbocycles. The van der Waals surface area contributed by atoms with Crippen LogP contribution in [0.5, 0.6) is 0 Å². The summed E-state index contributed by atoms with van der Waals surface area (Å²) < 4.78 is 8.86. The number of ether oxygens (including phenoxy) is 2. The number of rotatable bonds is 4. The topological polar surface area (TPSA) is 127 Å². The van der Waals surface area contributed by atoms with Gasteiger partial charge < -0.3 is 9.47 Å². The number of amides is 4. The third-order valence-corrected chi connectivity index (χ3v) is 4.78. The lowest BCUT2D eigenvalue weighted by Crippen LogP contribution is -2.50. The first-order valence-electron chi connectivity index (χ1n) is 7.17. The van der Waals surface area contributed by atoms with Crippen LogP contribution in [0.3, 0.4) is 0 Å². The van der Waals surface area contributed by atoms with E-state index in [0.717, 1.165) is 24.0 Å². The molecule has 0 radical (unpaired) electrons. The molecule has 0 atom stereocenters. The van der Waals surface area contributed by atoms with Crippen molar-refractivity contribution >= 4 is 35.6 Å². The van der Waals surface area contributed by atoms with Gasteiger partial charge in [-0.25, -0.2) is 0 Å². The number of nitrogens with zero attached hydrogens (tertiary/aromatic N) is 2. The largest absolute Gasteiger partial charge is 0.468 e. The highest BCUT2D eigenvalue weighted by Crippen LogP contribution is 2.56. The van der Waals surface area contributed by atoms with Gasteiger partial charge in [-0.15, -0.1) is 0 Å². The Morgan fingerprint density at radius 1 is 0.708 bits per heavy atom. The van der Waals surface area contributed by atoms with Gasteiger partial charge in [0, 0.05) is 0 Å². The lowest BCUT2D eigenvalue weighted by atomic mass is 9.59. The fourth-order valence-corrected chi connectivity index (χ4v) is 3.61. The summed E-state index contributed by atoms with van der Waals surface area (Å²) in [5, 5.41) is 0. The molecule has 3 aliphatic rings. The number of esters is 2. The summed E-state index contributed by atoms with van der Waals surface area (Å²) in [5.41, 5.74) is 0. The third kappa shape index (κ3) is 1.95. The number of hydrogen-bond acceptors (Lipinski definition) is 8. The van der Waals surface area contributed by atoms with E-state index in [0.29, 0.717) is 0 Å². The van der Waals surface area contributed by atoms with Crippen molar-refractivity contribution < 1.29 is 38.2 Å². The van der Waals surface area contributed by atoms with E-state index in [4.69, 9.17) is 0 Å². The van der Waals surface area contributed by atoms with Crippen LogP contribution in [0.25, 0.3) is 0 Å². The quantitative estimate of drug-likeness (QED) is 0.408. The summed E-state index contributed by atoms with van der Waals surface area (Å²) in [6.45, 7) is -1.09. The Balaban J connectivity index is 1.82. The third-order valence-electron chi connectivity index (χ3n) is 4.78. The van der Waals surface area contributed by atoms with Gasteiger partial charge in [-0.05, 0) is 0 Å². The van der Waals surface area contributed by atoms with Crippen LogP contribution in [0.4, 0.5) is 0 Å². The molecular weight excluding hydrogens is 324 g/mol. The van der Waals surface area contributed by atoms with Gasteiger partial charge in [-0.1, -0.05) is 0 Å². The minimum Gasteiger partial charge on any atom is -0.468 e. The average molecular weight is 338 g/mol. The zero-order chi connectivity index (χ0) is 17.8. The number of carbonyl (C=O) groups excluding carboxylic acids is 6. The highest BCUT2D eigenvalue weighted by molar-refractivity contribution is 6.19. The Morgan fingerprint density at radius 3 is 1.17 bits per heavy atom. The molecule has 10 nitrogen and oxygen atoms in total. The van der Waals surface area contributed by atoms with E-state index in [2.05, 4.69) is 9.47 Å². The molecule has 4 amide bonds. The maximum atomic E-state index is 12.3. The van der Waals surface area contributed by atoms with Gasteiger partial charge in [0.25, 0.3) is 0 Å². The highest BCUT2D eigenvalue weighted by atomic mass is 16.5. The van der Waals surface area contributed by atoms with Crippen LogP contribution in [0, 0.1) is 23.7 Å². The van der Waals surface area contributed by atoms with Gasteiger partial charge >= 0.3 is 11.9 Å². The zero-order valence-electron chi connectivity index (χ0n) is 12.9. The van der Waals surface area contributed by atoms with Gasteiger partial charge in [-0.3, -0.25) is 38.6 Å². The standard InChI is InChI=1S/C14H14N2O8/c1-23-5(17)3-15-11(19)7-8(12(15)20)10-9(7)13(21)16(14(10)22)4-6(18)24-2/h7-10H,3-4H2,1-2H3. The average Bonchev–Trinajstić information content (AvgIpc) is 2.83. The summed E-state index contributed by atoms with van der Waals surface area (Å²) in [6.07, 6.45) is 0. The second kappa shape index (κ2) is 5.39. The van der Waals surface area contributed by atoms with Gasteiger partial charge in [0.15, 0.2) is 0 Å². The second-order valence-electron chi connectivity index (χ2n) is 5.78. The molecule has 1 saturated carbocycles. The van der Waals surface area contributed by atoms with E-state index in [9.17, 15) is 28.8 Å². The van der Waals surface area contributed by atoms with Crippen molar-refractivity contribution in [2.75, 3.05) is 27.3 Å². The van der Waals surface area contributed by atoms with Crippen LogP contribution in [0.2, 0.25) is 0 Å². The summed E-state index contributed by atoms with van der Waals surface area (Å²) in [5.74, 6) is -8.08. The number of likely N-dealkylation sites (tertiary alicyclic amines) is 2. The van der Waals surface area contributed by atoms with E-state index >= 15 is 0 Å². The number of carbonyl (C=O) groups is 6. The van der Waals surface area contributed by atoms with Crippen LogP contribution < -0.4 is 0 Å². The predicted molar refractivity (Wildman–Crippen MR) is 71.4 cm³/mol. The molecule has 128 valence electrons. The van der Waals surface area contributed by atoms with Gasteiger partial charge in [0.1, 0.15) is 13.1 Å². The predicted octanol–water partition coefficient (Wildman–Crippen LogP) is -2.45. The number of hydrogen-bond donors (Lipinski definition) is 0. The van der Waals surface area contributed by atoms with Gasteiger partial charge in [-0.2, -0.15) is 0 Å². The number of methoxy groups -OCH3 is 2. The van der Waals surface area contributed by atoms with Crippen molar-refractivity contribution in [3.63, 3.8) is 0 Å². The molecule has 0 unspecified atom stereocenters. The van der Waals surface area contributed by atoms with Crippen molar-refractivity contribution in [2.24, 2.45) is 23.7 Å². The van der Waals surface area contributed by atoms with Crippen LogP contribution in [-0.2, 0) is 38.2 Å². The van der Waals surface area contributed by atoms with Crippen molar-refractivity contribution in [3.8, 4) is 0 Å². The molecule has 2 heterocycles. The minimum absolute atomic E-state index is 0.547.